The average molecular weight is 481 g/mol. The molecular formula is C30H40O5. The number of rotatable bonds is 10. The molecule has 0 unspecified atom stereocenters. The predicted molar refractivity (Wildman–Crippen MR) is 138 cm³/mol. The lowest BCUT2D eigenvalue weighted by atomic mass is 9.88. The molecule has 1 saturated heterocycles. The van der Waals surface area contributed by atoms with Crippen LogP contribution in [0.3, 0.4) is 0 Å². The lowest BCUT2D eigenvalue weighted by molar-refractivity contribution is -0.253. The zero-order valence-electron chi connectivity index (χ0n) is 21.6. The van der Waals surface area contributed by atoms with Crippen molar-refractivity contribution in [3.05, 3.63) is 65.7 Å². The fourth-order valence-corrected chi connectivity index (χ4v) is 4.45. The summed E-state index contributed by atoms with van der Waals surface area (Å²) in [6.45, 7) is 10.3. The summed E-state index contributed by atoms with van der Waals surface area (Å²) < 4.78 is 23.3. The molecule has 190 valence electrons. The molecule has 1 aliphatic heterocycles. The van der Waals surface area contributed by atoms with Gasteiger partial charge >= 0.3 is 0 Å². The van der Waals surface area contributed by atoms with E-state index in [-0.39, 0.29) is 23.9 Å². The molecule has 2 aromatic rings. The topological polar surface area (TPSA) is 57.2 Å². The van der Waals surface area contributed by atoms with Crippen LogP contribution in [0.1, 0.15) is 51.5 Å². The quantitative estimate of drug-likeness (QED) is 0.447. The number of hydrogen-bond acceptors (Lipinski definition) is 5. The maximum absolute atomic E-state index is 10.8. The molecule has 1 N–H and O–H groups in total. The first-order valence-corrected chi connectivity index (χ1v) is 12.6. The number of aliphatic hydroxyl groups excluding tert-OH is 1. The average Bonchev–Trinajstić information content (AvgIpc) is 2.88. The smallest absolute Gasteiger partial charge is 0.184 e. The molecule has 0 spiro atoms. The SMILES string of the molecule is COc1ccc([C@H]2OC[C@H](C)[C@@H]([C@@H](C)[C@H](O)C#C[C@H](C)C[C@H](C)COCc3ccccc3)O2)cc1. The highest BCUT2D eigenvalue weighted by Crippen LogP contribution is 2.34. The Hall–Kier alpha value is -2.36. The Balaban J connectivity index is 1.48. The Bertz CT molecular complexity index is 933. The van der Waals surface area contributed by atoms with Crippen molar-refractivity contribution in [2.75, 3.05) is 20.3 Å². The van der Waals surface area contributed by atoms with Gasteiger partial charge in [0.2, 0.25) is 0 Å². The molecule has 5 heteroatoms. The van der Waals surface area contributed by atoms with Crippen molar-refractivity contribution in [1.82, 2.24) is 0 Å². The number of benzene rings is 2. The molecule has 3 rings (SSSR count). The summed E-state index contributed by atoms with van der Waals surface area (Å²) in [4.78, 5) is 0. The van der Waals surface area contributed by atoms with Gasteiger partial charge in [-0.1, -0.05) is 82.0 Å². The van der Waals surface area contributed by atoms with Crippen molar-refractivity contribution in [3.63, 3.8) is 0 Å². The highest BCUT2D eigenvalue weighted by Gasteiger charge is 2.36. The summed E-state index contributed by atoms with van der Waals surface area (Å²) in [7, 11) is 1.64. The van der Waals surface area contributed by atoms with Crippen LogP contribution in [0.25, 0.3) is 0 Å². The standard InChI is InChI=1S/C30H40O5/c1-21(17-22(2)18-33-20-25-9-7-6-8-10-25)11-16-28(31)24(4)29-23(3)19-34-30(35-29)26-12-14-27(32-5)15-13-26/h6-10,12-15,21-24,28-31H,17-20H2,1-5H3/t21-,22-,23-,24-,28+,29-,30-/m0/s1. The first-order chi connectivity index (χ1) is 16.9. The van der Waals surface area contributed by atoms with E-state index in [4.69, 9.17) is 18.9 Å². The summed E-state index contributed by atoms with van der Waals surface area (Å²) in [5, 5.41) is 10.8. The lowest BCUT2D eigenvalue weighted by Crippen LogP contribution is -2.42. The van der Waals surface area contributed by atoms with E-state index in [1.54, 1.807) is 7.11 Å². The molecule has 0 amide bonds. The van der Waals surface area contributed by atoms with Crippen LogP contribution in [0.5, 0.6) is 5.75 Å². The molecule has 1 heterocycles. The van der Waals surface area contributed by atoms with Gasteiger partial charge in [0.15, 0.2) is 6.29 Å². The second-order valence-corrected chi connectivity index (χ2v) is 9.85. The number of methoxy groups -OCH3 is 1. The van der Waals surface area contributed by atoms with E-state index in [9.17, 15) is 5.11 Å². The second kappa shape index (κ2) is 13.7. The third-order valence-electron chi connectivity index (χ3n) is 6.50. The molecule has 0 bridgehead atoms. The van der Waals surface area contributed by atoms with Crippen LogP contribution in [0, 0.1) is 35.5 Å². The summed E-state index contributed by atoms with van der Waals surface area (Å²) in [6, 6.07) is 17.9. The molecule has 0 aliphatic carbocycles. The van der Waals surface area contributed by atoms with Gasteiger partial charge in [0.25, 0.3) is 0 Å². The zero-order valence-corrected chi connectivity index (χ0v) is 21.6. The zero-order chi connectivity index (χ0) is 25.2. The largest absolute Gasteiger partial charge is 0.497 e. The Morgan fingerprint density at radius 2 is 1.74 bits per heavy atom. The Labute approximate surface area is 210 Å². The van der Waals surface area contributed by atoms with Gasteiger partial charge in [-0.3, -0.25) is 0 Å². The van der Waals surface area contributed by atoms with Crippen molar-refractivity contribution in [1.29, 1.82) is 0 Å². The Kier molecular flexibility index (Phi) is 10.6. The summed E-state index contributed by atoms with van der Waals surface area (Å²) in [6.07, 6.45) is -0.447. The summed E-state index contributed by atoms with van der Waals surface area (Å²) in [5.74, 6) is 7.72. The molecule has 35 heavy (non-hydrogen) atoms. The third kappa shape index (κ3) is 8.37. The predicted octanol–water partition coefficient (Wildman–Crippen LogP) is 5.62. The van der Waals surface area contributed by atoms with Gasteiger partial charge < -0.3 is 24.1 Å². The van der Waals surface area contributed by atoms with Crippen LogP contribution < -0.4 is 4.74 Å². The van der Waals surface area contributed by atoms with Crippen molar-refractivity contribution >= 4 is 0 Å². The number of ether oxygens (including phenoxy) is 4. The van der Waals surface area contributed by atoms with E-state index < -0.39 is 12.4 Å². The maximum Gasteiger partial charge on any atom is 0.184 e. The molecule has 7 atom stereocenters. The van der Waals surface area contributed by atoms with Crippen molar-refractivity contribution in [2.24, 2.45) is 23.7 Å². The van der Waals surface area contributed by atoms with E-state index in [1.165, 1.54) is 5.56 Å². The fourth-order valence-electron chi connectivity index (χ4n) is 4.45. The molecule has 1 aliphatic rings. The van der Waals surface area contributed by atoms with E-state index >= 15 is 0 Å². The highest BCUT2D eigenvalue weighted by molar-refractivity contribution is 5.28. The molecule has 0 saturated carbocycles. The van der Waals surface area contributed by atoms with Gasteiger partial charge in [-0.15, -0.1) is 0 Å². The lowest BCUT2D eigenvalue weighted by Gasteiger charge is -2.39. The minimum Gasteiger partial charge on any atom is -0.497 e. The maximum atomic E-state index is 10.8. The summed E-state index contributed by atoms with van der Waals surface area (Å²) in [5.41, 5.74) is 2.12. The van der Waals surface area contributed by atoms with Gasteiger partial charge in [-0.05, 0) is 30.0 Å². The summed E-state index contributed by atoms with van der Waals surface area (Å²) >= 11 is 0. The van der Waals surface area contributed by atoms with Crippen LogP contribution >= 0.6 is 0 Å². The van der Waals surface area contributed by atoms with E-state index in [0.29, 0.717) is 25.7 Å². The minimum absolute atomic E-state index is 0.138. The first-order valence-electron chi connectivity index (χ1n) is 12.6. The molecule has 5 nitrogen and oxygen atoms in total. The molecule has 0 radical (unpaired) electrons. The number of hydrogen-bond donors (Lipinski definition) is 1. The monoisotopic (exact) mass is 480 g/mol. The van der Waals surface area contributed by atoms with E-state index in [0.717, 1.165) is 17.7 Å². The minimum atomic E-state index is -0.760. The van der Waals surface area contributed by atoms with Crippen LogP contribution in [-0.4, -0.2) is 37.6 Å². The second-order valence-electron chi connectivity index (χ2n) is 9.85. The van der Waals surface area contributed by atoms with Crippen molar-refractivity contribution in [2.45, 2.75) is 59.2 Å². The molecular weight excluding hydrogens is 440 g/mol. The van der Waals surface area contributed by atoms with Gasteiger partial charge in [0.05, 0.1) is 26.4 Å². The van der Waals surface area contributed by atoms with Gasteiger partial charge in [0, 0.05) is 29.9 Å². The first kappa shape index (κ1) is 27.2. The molecule has 2 aromatic carbocycles. The Morgan fingerprint density at radius 1 is 1.03 bits per heavy atom. The third-order valence-corrected chi connectivity index (χ3v) is 6.50. The van der Waals surface area contributed by atoms with Gasteiger partial charge in [-0.25, -0.2) is 0 Å². The van der Waals surface area contributed by atoms with Crippen LogP contribution in [-0.2, 0) is 20.8 Å². The van der Waals surface area contributed by atoms with Gasteiger partial charge in [-0.2, -0.15) is 0 Å². The molecule has 0 aromatic heterocycles. The van der Waals surface area contributed by atoms with Crippen molar-refractivity contribution in [3.8, 4) is 17.6 Å². The van der Waals surface area contributed by atoms with E-state index in [1.807, 2.05) is 49.4 Å². The highest BCUT2D eigenvalue weighted by atomic mass is 16.7. The Morgan fingerprint density at radius 3 is 2.43 bits per heavy atom. The number of aliphatic hydroxyl groups is 1. The van der Waals surface area contributed by atoms with E-state index in [2.05, 4.69) is 44.7 Å². The van der Waals surface area contributed by atoms with Crippen molar-refractivity contribution < 1.29 is 24.1 Å². The normalized spacial score (nSPS) is 23.4. The van der Waals surface area contributed by atoms with Crippen LogP contribution in [0.15, 0.2) is 54.6 Å². The van der Waals surface area contributed by atoms with Crippen LogP contribution in [0.4, 0.5) is 0 Å². The van der Waals surface area contributed by atoms with Crippen LogP contribution in [0.2, 0.25) is 0 Å². The molecule has 1 fully saturated rings. The van der Waals surface area contributed by atoms with Gasteiger partial charge in [0.1, 0.15) is 11.9 Å². The fraction of sp³-hybridized carbons (Fsp3) is 0.533.